The highest BCUT2D eigenvalue weighted by atomic mass is 16.5. The number of Topliss-reactive ketones (excluding diaryl/α,β-unsaturated/α-hetero) is 1. The lowest BCUT2D eigenvalue weighted by Gasteiger charge is -2.42. The first kappa shape index (κ1) is 15.7. The first-order valence-corrected chi connectivity index (χ1v) is 6.73. The highest BCUT2D eigenvalue weighted by molar-refractivity contribution is 5.99. The molecular weight excluding hydrogens is 240 g/mol. The number of hydrogen-bond donors (Lipinski definition) is 0. The molecule has 1 saturated carbocycles. The van der Waals surface area contributed by atoms with Gasteiger partial charge in [0, 0.05) is 11.5 Å². The summed E-state index contributed by atoms with van der Waals surface area (Å²) in [6, 6.07) is 0. The van der Waals surface area contributed by atoms with Gasteiger partial charge < -0.3 is 4.74 Å². The van der Waals surface area contributed by atoms with Crippen molar-refractivity contribution in [1.82, 2.24) is 0 Å². The zero-order valence-corrected chi connectivity index (χ0v) is 12.4. The van der Waals surface area contributed by atoms with Crippen molar-refractivity contribution < 1.29 is 14.3 Å². The molecule has 0 aromatic rings. The number of allylic oxidation sites excluding steroid dienone is 1. The van der Waals surface area contributed by atoms with Crippen molar-refractivity contribution in [3.63, 3.8) is 0 Å². The topological polar surface area (TPSA) is 43.4 Å². The van der Waals surface area contributed by atoms with Crippen LogP contribution < -0.4 is 0 Å². The number of methoxy groups -OCH3 is 1. The van der Waals surface area contributed by atoms with Gasteiger partial charge in [-0.1, -0.05) is 33.4 Å². The van der Waals surface area contributed by atoms with Crippen LogP contribution in [0.4, 0.5) is 0 Å². The maximum Gasteiger partial charge on any atom is 0.333 e. The van der Waals surface area contributed by atoms with Crippen molar-refractivity contribution in [2.24, 2.45) is 23.2 Å². The Balaban J connectivity index is 3.16. The van der Waals surface area contributed by atoms with E-state index in [1.54, 1.807) is 6.08 Å². The van der Waals surface area contributed by atoms with Crippen LogP contribution in [0.2, 0.25) is 0 Å². The standard InChI is InChI=1S/C16H24O3/c1-7-16(5)9-8-12(10(2)3)14(17)13(16)11(4)15(18)19-6/h7,10,12-13H,1,4,8-9H2,2-3,5-6H3/t12-,13-,16+/m1/s1. The number of hydrogen-bond acceptors (Lipinski definition) is 3. The van der Waals surface area contributed by atoms with Gasteiger partial charge in [-0.25, -0.2) is 4.79 Å². The summed E-state index contributed by atoms with van der Waals surface area (Å²) >= 11 is 0. The average Bonchev–Trinajstić information content (AvgIpc) is 2.37. The minimum Gasteiger partial charge on any atom is -0.466 e. The molecule has 1 rings (SSSR count). The minimum atomic E-state index is -0.515. The van der Waals surface area contributed by atoms with E-state index in [1.165, 1.54) is 7.11 Å². The van der Waals surface area contributed by atoms with Crippen molar-refractivity contribution in [1.29, 1.82) is 0 Å². The highest BCUT2D eigenvalue weighted by Gasteiger charge is 2.47. The summed E-state index contributed by atoms with van der Waals surface area (Å²) < 4.78 is 4.72. The zero-order valence-electron chi connectivity index (χ0n) is 12.4. The van der Waals surface area contributed by atoms with Gasteiger partial charge in [0.2, 0.25) is 0 Å². The molecule has 0 aliphatic heterocycles. The molecule has 1 fully saturated rings. The smallest absolute Gasteiger partial charge is 0.333 e. The van der Waals surface area contributed by atoms with Gasteiger partial charge in [-0.15, -0.1) is 6.58 Å². The molecule has 0 saturated heterocycles. The molecule has 0 aromatic heterocycles. The number of carbonyl (C=O) groups excluding carboxylic acids is 2. The van der Waals surface area contributed by atoms with Crippen LogP contribution in [0.15, 0.2) is 24.8 Å². The SMILES string of the molecule is C=C[C@@]1(C)CC[C@H](C(C)C)C(=O)[C@H]1C(=C)C(=O)OC. The van der Waals surface area contributed by atoms with Crippen LogP contribution in [0.25, 0.3) is 0 Å². The molecule has 3 atom stereocenters. The molecule has 0 unspecified atom stereocenters. The summed E-state index contributed by atoms with van der Waals surface area (Å²) in [6.07, 6.45) is 3.45. The van der Waals surface area contributed by atoms with E-state index >= 15 is 0 Å². The molecule has 106 valence electrons. The molecule has 0 heterocycles. The third-order valence-electron chi connectivity index (χ3n) is 4.37. The fourth-order valence-electron chi connectivity index (χ4n) is 2.99. The lowest BCUT2D eigenvalue weighted by Crippen LogP contribution is -2.44. The predicted molar refractivity (Wildman–Crippen MR) is 75.5 cm³/mol. The normalized spacial score (nSPS) is 31.1. The minimum absolute atomic E-state index is 0.0144. The molecule has 3 nitrogen and oxygen atoms in total. The molecule has 1 aliphatic carbocycles. The highest BCUT2D eigenvalue weighted by Crippen LogP contribution is 2.47. The van der Waals surface area contributed by atoms with Crippen molar-refractivity contribution in [3.8, 4) is 0 Å². The van der Waals surface area contributed by atoms with Crippen LogP contribution >= 0.6 is 0 Å². The average molecular weight is 264 g/mol. The fourth-order valence-corrected chi connectivity index (χ4v) is 2.99. The predicted octanol–water partition coefficient (Wildman–Crippen LogP) is 3.16. The first-order valence-electron chi connectivity index (χ1n) is 6.73. The molecule has 0 spiro atoms. The number of rotatable bonds is 4. The fraction of sp³-hybridized carbons (Fsp3) is 0.625. The van der Waals surface area contributed by atoms with Crippen LogP contribution in [-0.4, -0.2) is 18.9 Å². The summed E-state index contributed by atoms with van der Waals surface area (Å²) in [4.78, 5) is 24.4. The van der Waals surface area contributed by atoms with E-state index < -0.39 is 17.3 Å². The largest absolute Gasteiger partial charge is 0.466 e. The molecule has 0 radical (unpaired) electrons. The summed E-state index contributed by atoms with van der Waals surface area (Å²) in [5, 5.41) is 0. The van der Waals surface area contributed by atoms with E-state index in [4.69, 9.17) is 4.74 Å². The molecule has 0 bridgehead atoms. The number of esters is 1. The van der Waals surface area contributed by atoms with E-state index in [2.05, 4.69) is 13.2 Å². The lowest BCUT2D eigenvalue weighted by atomic mass is 9.59. The molecule has 3 heteroatoms. The number of ketones is 1. The number of carbonyl (C=O) groups is 2. The molecule has 0 aromatic carbocycles. The van der Waals surface area contributed by atoms with Gasteiger partial charge in [-0.05, 0) is 24.2 Å². The Bertz CT molecular complexity index is 408. The molecule has 0 amide bonds. The maximum absolute atomic E-state index is 12.7. The molecule has 1 aliphatic rings. The second-order valence-electron chi connectivity index (χ2n) is 5.95. The Labute approximate surface area is 115 Å². The third kappa shape index (κ3) is 2.80. The second-order valence-corrected chi connectivity index (χ2v) is 5.95. The van der Waals surface area contributed by atoms with Crippen molar-refractivity contribution in [2.75, 3.05) is 7.11 Å². The van der Waals surface area contributed by atoms with Gasteiger partial charge in [-0.3, -0.25) is 4.79 Å². The van der Waals surface area contributed by atoms with Gasteiger partial charge in [0.25, 0.3) is 0 Å². The van der Waals surface area contributed by atoms with Crippen molar-refractivity contribution >= 4 is 11.8 Å². The van der Waals surface area contributed by atoms with Gasteiger partial charge >= 0.3 is 5.97 Å². The third-order valence-corrected chi connectivity index (χ3v) is 4.37. The zero-order chi connectivity index (χ0) is 14.8. The van der Waals surface area contributed by atoms with Gasteiger partial charge in [0.1, 0.15) is 5.78 Å². The van der Waals surface area contributed by atoms with Crippen LogP contribution in [0, 0.1) is 23.2 Å². The van der Waals surface area contributed by atoms with E-state index in [0.29, 0.717) is 0 Å². The summed E-state index contributed by atoms with van der Waals surface area (Å²) in [5.41, 5.74) is -0.159. The molecular formula is C16H24O3. The van der Waals surface area contributed by atoms with E-state index in [-0.39, 0.29) is 23.2 Å². The number of ether oxygens (including phenoxy) is 1. The van der Waals surface area contributed by atoms with Gasteiger partial charge in [0.05, 0.1) is 13.0 Å². The van der Waals surface area contributed by atoms with Crippen molar-refractivity contribution in [3.05, 3.63) is 24.8 Å². The van der Waals surface area contributed by atoms with E-state index in [1.807, 2.05) is 20.8 Å². The summed E-state index contributed by atoms with van der Waals surface area (Å²) in [7, 11) is 1.31. The first-order chi connectivity index (χ1) is 8.78. The van der Waals surface area contributed by atoms with Crippen LogP contribution in [0.3, 0.4) is 0 Å². The Morgan fingerprint density at radius 3 is 2.53 bits per heavy atom. The molecule has 0 N–H and O–H groups in total. The summed E-state index contributed by atoms with van der Waals surface area (Å²) in [5.74, 6) is -0.664. The molecule has 19 heavy (non-hydrogen) atoms. The Hall–Kier alpha value is -1.38. The lowest BCUT2D eigenvalue weighted by molar-refractivity contribution is -0.142. The maximum atomic E-state index is 12.7. The Morgan fingerprint density at radius 2 is 2.11 bits per heavy atom. The van der Waals surface area contributed by atoms with Crippen LogP contribution in [0.5, 0.6) is 0 Å². The van der Waals surface area contributed by atoms with E-state index in [9.17, 15) is 9.59 Å². The quantitative estimate of drug-likeness (QED) is 0.445. The van der Waals surface area contributed by atoms with Gasteiger partial charge in [0.15, 0.2) is 0 Å². The monoisotopic (exact) mass is 264 g/mol. The Kier molecular flexibility index (Phi) is 4.72. The van der Waals surface area contributed by atoms with E-state index in [0.717, 1.165) is 12.8 Å². The van der Waals surface area contributed by atoms with Crippen molar-refractivity contribution in [2.45, 2.75) is 33.6 Å². The second kappa shape index (κ2) is 5.72. The summed E-state index contributed by atoms with van der Waals surface area (Å²) in [6.45, 7) is 13.7. The van der Waals surface area contributed by atoms with Crippen LogP contribution in [-0.2, 0) is 14.3 Å². The Morgan fingerprint density at radius 1 is 1.53 bits per heavy atom. The van der Waals surface area contributed by atoms with Gasteiger partial charge in [-0.2, -0.15) is 0 Å². The van der Waals surface area contributed by atoms with Crippen LogP contribution in [0.1, 0.15) is 33.6 Å².